The second kappa shape index (κ2) is 8.23. The quantitative estimate of drug-likeness (QED) is 0.647. The van der Waals surface area contributed by atoms with Crippen LogP contribution in [0, 0.1) is 0 Å². The molecular formula is C22H23N5O3. The number of nitrogens with one attached hydrogen (secondary N) is 1. The minimum absolute atomic E-state index is 0.0928. The normalized spacial score (nSPS) is 18.3. The molecule has 0 spiro atoms. The van der Waals surface area contributed by atoms with Crippen LogP contribution in [-0.4, -0.2) is 45.4 Å². The summed E-state index contributed by atoms with van der Waals surface area (Å²) >= 11 is 0. The molecule has 2 heterocycles. The Hall–Kier alpha value is -3.26. The van der Waals surface area contributed by atoms with E-state index in [2.05, 4.69) is 20.8 Å². The van der Waals surface area contributed by atoms with Gasteiger partial charge < -0.3 is 14.8 Å². The third-order valence-electron chi connectivity index (χ3n) is 5.34. The van der Waals surface area contributed by atoms with Crippen molar-refractivity contribution in [3.63, 3.8) is 0 Å². The van der Waals surface area contributed by atoms with Gasteiger partial charge >= 0.3 is 0 Å². The van der Waals surface area contributed by atoms with Crippen molar-refractivity contribution in [2.45, 2.75) is 37.8 Å². The molecule has 8 heteroatoms. The summed E-state index contributed by atoms with van der Waals surface area (Å²) in [6, 6.07) is 15.2. The van der Waals surface area contributed by atoms with Gasteiger partial charge in [0.2, 0.25) is 0 Å². The number of carbonyl (C=O) groups excluding carboxylic acids is 1. The molecule has 154 valence electrons. The Morgan fingerprint density at radius 2 is 2.07 bits per heavy atom. The van der Waals surface area contributed by atoms with Crippen molar-refractivity contribution in [3.05, 3.63) is 54.1 Å². The standard InChI is InChI=1S/C22H23N5O3/c28-22(19-8-1-2-9-20(19)30-14-18-7-4-12-29-18)23-16-6-3-5-15(13-16)21-24-25-26-27(21)17-10-11-17/h1-3,5-6,8-9,13,17-18H,4,7,10-12,14H2,(H,23,28)/t18-/m1/s1. The summed E-state index contributed by atoms with van der Waals surface area (Å²) in [6.07, 6.45) is 4.32. The highest BCUT2D eigenvalue weighted by molar-refractivity contribution is 6.06. The van der Waals surface area contributed by atoms with Crippen LogP contribution in [0.4, 0.5) is 5.69 Å². The molecule has 0 bridgehead atoms. The molecule has 1 aromatic heterocycles. The maximum Gasteiger partial charge on any atom is 0.259 e. The summed E-state index contributed by atoms with van der Waals surface area (Å²) in [7, 11) is 0. The molecule has 8 nitrogen and oxygen atoms in total. The smallest absolute Gasteiger partial charge is 0.259 e. The van der Waals surface area contributed by atoms with Gasteiger partial charge in [-0.05, 0) is 60.4 Å². The number of aromatic nitrogens is 4. The summed E-state index contributed by atoms with van der Waals surface area (Å²) < 4.78 is 13.4. The van der Waals surface area contributed by atoms with Gasteiger partial charge in [-0.2, -0.15) is 0 Å². The Labute approximate surface area is 174 Å². The van der Waals surface area contributed by atoms with Gasteiger partial charge in [-0.1, -0.05) is 24.3 Å². The van der Waals surface area contributed by atoms with E-state index in [1.54, 1.807) is 6.07 Å². The maximum atomic E-state index is 12.9. The highest BCUT2D eigenvalue weighted by Crippen LogP contribution is 2.36. The number of nitrogens with zero attached hydrogens (tertiary/aromatic N) is 4. The zero-order valence-electron chi connectivity index (χ0n) is 16.5. The fourth-order valence-corrected chi connectivity index (χ4v) is 3.62. The number of carbonyl (C=O) groups is 1. The van der Waals surface area contributed by atoms with Crippen molar-refractivity contribution >= 4 is 11.6 Å². The molecule has 5 rings (SSSR count). The molecule has 1 aliphatic heterocycles. The van der Waals surface area contributed by atoms with Gasteiger partial charge in [-0.25, -0.2) is 4.68 Å². The maximum absolute atomic E-state index is 12.9. The minimum Gasteiger partial charge on any atom is -0.490 e. The molecule has 3 aromatic rings. The first-order chi connectivity index (χ1) is 14.8. The first-order valence-corrected chi connectivity index (χ1v) is 10.3. The number of rotatable bonds is 7. The third-order valence-corrected chi connectivity index (χ3v) is 5.34. The number of ether oxygens (including phenoxy) is 2. The minimum atomic E-state index is -0.225. The second-order valence-electron chi connectivity index (χ2n) is 7.66. The number of anilines is 1. The van der Waals surface area contributed by atoms with E-state index in [1.165, 1.54) is 0 Å². The van der Waals surface area contributed by atoms with Gasteiger partial charge in [0.15, 0.2) is 5.82 Å². The van der Waals surface area contributed by atoms with Crippen LogP contribution in [0.15, 0.2) is 48.5 Å². The van der Waals surface area contributed by atoms with E-state index in [1.807, 2.05) is 47.1 Å². The highest BCUT2D eigenvalue weighted by Gasteiger charge is 2.28. The molecule has 1 atom stereocenters. The predicted octanol–water partition coefficient (Wildman–Crippen LogP) is 3.49. The molecular weight excluding hydrogens is 382 g/mol. The van der Waals surface area contributed by atoms with Crippen molar-refractivity contribution in [1.29, 1.82) is 0 Å². The lowest BCUT2D eigenvalue weighted by molar-refractivity contribution is 0.0673. The fourth-order valence-electron chi connectivity index (χ4n) is 3.62. The third kappa shape index (κ3) is 4.04. The lowest BCUT2D eigenvalue weighted by Crippen LogP contribution is -2.19. The van der Waals surface area contributed by atoms with Crippen molar-refractivity contribution in [2.75, 3.05) is 18.5 Å². The van der Waals surface area contributed by atoms with Crippen molar-refractivity contribution < 1.29 is 14.3 Å². The largest absolute Gasteiger partial charge is 0.490 e. The van der Waals surface area contributed by atoms with E-state index in [0.717, 1.165) is 37.9 Å². The van der Waals surface area contributed by atoms with Gasteiger partial charge in [0.05, 0.1) is 17.7 Å². The van der Waals surface area contributed by atoms with Gasteiger partial charge in [0, 0.05) is 17.9 Å². The molecule has 1 amide bonds. The van der Waals surface area contributed by atoms with Crippen LogP contribution in [0.5, 0.6) is 5.75 Å². The van der Waals surface area contributed by atoms with E-state index >= 15 is 0 Å². The number of hydrogen-bond donors (Lipinski definition) is 1. The first-order valence-electron chi connectivity index (χ1n) is 10.3. The summed E-state index contributed by atoms with van der Waals surface area (Å²) in [5, 5.41) is 15.0. The van der Waals surface area contributed by atoms with Crippen molar-refractivity contribution in [1.82, 2.24) is 20.2 Å². The average Bonchev–Trinajstić information content (AvgIpc) is 3.26. The Morgan fingerprint density at radius 3 is 2.90 bits per heavy atom. The first kappa shape index (κ1) is 18.7. The van der Waals surface area contributed by atoms with Crippen LogP contribution >= 0.6 is 0 Å². The number of para-hydroxylation sites is 1. The summed E-state index contributed by atoms with van der Waals surface area (Å²) in [5.74, 6) is 1.05. The van der Waals surface area contributed by atoms with E-state index < -0.39 is 0 Å². The molecule has 2 aromatic carbocycles. The van der Waals surface area contributed by atoms with Crippen LogP contribution in [-0.2, 0) is 4.74 Å². The van der Waals surface area contributed by atoms with Gasteiger partial charge in [-0.3, -0.25) is 4.79 Å². The van der Waals surface area contributed by atoms with Crippen LogP contribution in [0.3, 0.4) is 0 Å². The predicted molar refractivity (Wildman–Crippen MR) is 110 cm³/mol. The van der Waals surface area contributed by atoms with Crippen molar-refractivity contribution in [3.8, 4) is 17.1 Å². The topological polar surface area (TPSA) is 91.2 Å². The molecule has 1 N–H and O–H groups in total. The molecule has 0 unspecified atom stereocenters. The highest BCUT2D eigenvalue weighted by atomic mass is 16.5. The lowest BCUT2D eigenvalue weighted by Gasteiger charge is -2.14. The van der Waals surface area contributed by atoms with Crippen LogP contribution < -0.4 is 10.1 Å². The zero-order chi connectivity index (χ0) is 20.3. The number of amides is 1. The fraction of sp³-hybridized carbons (Fsp3) is 0.364. The summed E-state index contributed by atoms with van der Waals surface area (Å²) in [6.45, 7) is 1.22. The van der Waals surface area contributed by atoms with Crippen LogP contribution in [0.25, 0.3) is 11.4 Å². The molecule has 1 saturated carbocycles. The van der Waals surface area contributed by atoms with Gasteiger partial charge in [0.25, 0.3) is 5.91 Å². The number of benzene rings is 2. The van der Waals surface area contributed by atoms with E-state index in [0.29, 0.717) is 35.5 Å². The lowest BCUT2D eigenvalue weighted by atomic mass is 10.1. The molecule has 0 radical (unpaired) electrons. The number of hydrogen-bond acceptors (Lipinski definition) is 6. The molecule has 30 heavy (non-hydrogen) atoms. The molecule has 1 aliphatic carbocycles. The van der Waals surface area contributed by atoms with E-state index in [4.69, 9.17) is 9.47 Å². The Bertz CT molecular complexity index is 1040. The summed E-state index contributed by atoms with van der Waals surface area (Å²) in [4.78, 5) is 12.9. The Morgan fingerprint density at radius 1 is 1.17 bits per heavy atom. The summed E-state index contributed by atoms with van der Waals surface area (Å²) in [5.41, 5.74) is 2.04. The molecule has 2 aliphatic rings. The Balaban J connectivity index is 1.31. The van der Waals surface area contributed by atoms with Crippen LogP contribution in [0.2, 0.25) is 0 Å². The SMILES string of the molecule is O=C(Nc1cccc(-c2nnnn2C2CC2)c1)c1ccccc1OC[C@H]1CCCO1. The van der Waals surface area contributed by atoms with Gasteiger partial charge in [0.1, 0.15) is 12.4 Å². The molecule has 2 fully saturated rings. The van der Waals surface area contributed by atoms with Crippen LogP contribution in [0.1, 0.15) is 42.1 Å². The average molecular weight is 405 g/mol. The second-order valence-corrected chi connectivity index (χ2v) is 7.66. The zero-order valence-corrected chi connectivity index (χ0v) is 16.5. The van der Waals surface area contributed by atoms with E-state index in [-0.39, 0.29) is 12.0 Å². The molecule has 1 saturated heterocycles. The Kier molecular flexibility index (Phi) is 5.15. The van der Waals surface area contributed by atoms with E-state index in [9.17, 15) is 4.79 Å². The van der Waals surface area contributed by atoms with Gasteiger partial charge in [-0.15, -0.1) is 5.10 Å². The number of tetrazole rings is 1. The van der Waals surface area contributed by atoms with Crippen molar-refractivity contribution in [2.24, 2.45) is 0 Å². The monoisotopic (exact) mass is 405 g/mol.